The van der Waals surface area contributed by atoms with Crippen LogP contribution in [0.15, 0.2) is 24.3 Å². The molecule has 0 spiro atoms. The van der Waals surface area contributed by atoms with E-state index in [0.717, 1.165) is 0 Å². The lowest BCUT2D eigenvalue weighted by Gasteiger charge is -2.14. The molecule has 126 valence electrons. The Morgan fingerprint density at radius 1 is 1.09 bits per heavy atom. The summed E-state index contributed by atoms with van der Waals surface area (Å²) in [6.45, 7) is 4.16. The number of esters is 2. The van der Waals surface area contributed by atoms with Gasteiger partial charge in [0, 0.05) is 0 Å². The van der Waals surface area contributed by atoms with Crippen molar-refractivity contribution in [3.05, 3.63) is 30.1 Å². The predicted molar refractivity (Wildman–Crippen MR) is 78.3 cm³/mol. The summed E-state index contributed by atoms with van der Waals surface area (Å²) in [5, 5.41) is 0. The summed E-state index contributed by atoms with van der Waals surface area (Å²) >= 11 is 0. The topological polar surface area (TPSA) is 78.9 Å². The first-order valence-electron chi connectivity index (χ1n) is 7.09. The highest BCUT2D eigenvalue weighted by atomic mass is 19.1. The Balaban J connectivity index is 2.34. The largest absolute Gasteiger partial charge is 0.490 e. The highest BCUT2D eigenvalue weighted by Gasteiger charge is 2.20. The lowest BCUT2D eigenvalue weighted by atomic mass is 10.2. The average Bonchev–Trinajstić information content (AvgIpc) is 2.46. The molecule has 1 atom stereocenters. The Labute approximate surface area is 133 Å². The molecule has 0 aliphatic rings. The van der Waals surface area contributed by atoms with Gasteiger partial charge >= 0.3 is 11.9 Å². The quantitative estimate of drug-likeness (QED) is 0.537. The molecule has 23 heavy (non-hydrogen) atoms. The zero-order valence-corrected chi connectivity index (χ0v) is 13.2. The minimum atomic E-state index is -1.04. The third kappa shape index (κ3) is 7.39. The van der Waals surface area contributed by atoms with Crippen molar-refractivity contribution in [2.75, 3.05) is 6.61 Å². The van der Waals surface area contributed by atoms with Crippen LogP contribution in [0.25, 0.3) is 0 Å². The van der Waals surface area contributed by atoms with Gasteiger partial charge in [0.05, 0.1) is 12.5 Å². The first-order valence-corrected chi connectivity index (χ1v) is 7.09. The van der Waals surface area contributed by atoms with Crippen LogP contribution in [0.2, 0.25) is 0 Å². The molecule has 0 saturated heterocycles. The maximum atomic E-state index is 12.8. The summed E-state index contributed by atoms with van der Waals surface area (Å²) in [5.74, 6) is -2.65. The van der Waals surface area contributed by atoms with Crippen molar-refractivity contribution in [1.82, 2.24) is 0 Å². The highest BCUT2D eigenvalue weighted by Crippen LogP contribution is 2.14. The molecule has 0 aliphatic heterocycles. The van der Waals surface area contributed by atoms with Crippen molar-refractivity contribution in [1.29, 1.82) is 0 Å². The molecule has 1 aromatic rings. The summed E-state index contributed by atoms with van der Waals surface area (Å²) in [6.07, 6.45) is -1.08. The van der Waals surface area contributed by atoms with Crippen molar-refractivity contribution in [3.63, 3.8) is 0 Å². The molecule has 1 aromatic carbocycles. The number of halogens is 1. The van der Waals surface area contributed by atoms with Gasteiger partial charge in [0.15, 0.2) is 6.61 Å². The standard InChI is InChI=1S/C16H19FO6/c1-10(2)22-16(20)14(18)9-21-15(19)8-11(3)23-13-6-4-12(17)5-7-13/h4-7,10-11H,8-9H2,1-3H3. The number of hydrogen-bond acceptors (Lipinski definition) is 6. The molecule has 0 bridgehead atoms. The summed E-state index contributed by atoms with van der Waals surface area (Å²) in [6, 6.07) is 5.34. The SMILES string of the molecule is CC(C)OC(=O)C(=O)COC(=O)CC(C)Oc1ccc(F)cc1. The molecule has 7 heteroatoms. The normalized spacial score (nSPS) is 11.7. The fraction of sp³-hybridized carbons (Fsp3) is 0.438. The van der Waals surface area contributed by atoms with Gasteiger partial charge in [-0.1, -0.05) is 0 Å². The number of Topliss-reactive ketones (excluding diaryl/α,β-unsaturated/α-hetero) is 1. The summed E-state index contributed by atoms with van der Waals surface area (Å²) in [7, 11) is 0. The first-order chi connectivity index (χ1) is 10.8. The molecule has 0 heterocycles. The van der Waals surface area contributed by atoms with E-state index in [-0.39, 0.29) is 6.42 Å². The average molecular weight is 326 g/mol. The molecule has 0 amide bonds. The predicted octanol–water partition coefficient (Wildman–Crippen LogP) is 2.05. The fourth-order valence-electron chi connectivity index (χ4n) is 1.57. The number of carbonyl (C=O) groups is 3. The van der Waals surface area contributed by atoms with Crippen molar-refractivity contribution in [2.24, 2.45) is 0 Å². The molecule has 1 rings (SSSR count). The van der Waals surface area contributed by atoms with Gasteiger partial charge in [-0.15, -0.1) is 0 Å². The number of ether oxygens (including phenoxy) is 3. The van der Waals surface area contributed by atoms with Crippen LogP contribution >= 0.6 is 0 Å². The number of carbonyl (C=O) groups excluding carboxylic acids is 3. The van der Waals surface area contributed by atoms with Gasteiger partial charge < -0.3 is 14.2 Å². The second-order valence-electron chi connectivity index (χ2n) is 5.12. The van der Waals surface area contributed by atoms with E-state index in [1.165, 1.54) is 24.3 Å². The van der Waals surface area contributed by atoms with E-state index in [9.17, 15) is 18.8 Å². The van der Waals surface area contributed by atoms with Crippen LogP contribution in [0, 0.1) is 5.82 Å². The number of benzene rings is 1. The van der Waals surface area contributed by atoms with Gasteiger partial charge in [0.1, 0.15) is 17.7 Å². The zero-order chi connectivity index (χ0) is 17.4. The highest BCUT2D eigenvalue weighted by molar-refractivity contribution is 6.34. The van der Waals surface area contributed by atoms with E-state index in [2.05, 4.69) is 4.74 Å². The van der Waals surface area contributed by atoms with Gasteiger partial charge in [-0.05, 0) is 45.0 Å². The fourth-order valence-corrected chi connectivity index (χ4v) is 1.57. The molecule has 6 nitrogen and oxygen atoms in total. The van der Waals surface area contributed by atoms with Crippen LogP contribution in [0.3, 0.4) is 0 Å². The molecule has 0 aromatic heterocycles. The Hall–Kier alpha value is -2.44. The second kappa shape index (κ2) is 8.87. The Bertz CT molecular complexity index is 552. The molecule has 0 radical (unpaired) electrons. The summed E-state index contributed by atoms with van der Waals surface area (Å²) in [4.78, 5) is 34.2. The molecule has 0 N–H and O–H groups in total. The molecule has 0 saturated carbocycles. The maximum absolute atomic E-state index is 12.8. The van der Waals surface area contributed by atoms with E-state index >= 15 is 0 Å². The van der Waals surface area contributed by atoms with E-state index in [1.807, 2.05) is 0 Å². The Morgan fingerprint density at radius 2 is 1.70 bits per heavy atom. The van der Waals surface area contributed by atoms with Gasteiger partial charge in [0.2, 0.25) is 0 Å². The van der Waals surface area contributed by atoms with E-state index in [0.29, 0.717) is 5.75 Å². The second-order valence-corrected chi connectivity index (χ2v) is 5.12. The summed E-state index contributed by atoms with van der Waals surface area (Å²) in [5.41, 5.74) is 0. The van der Waals surface area contributed by atoms with Crippen molar-refractivity contribution in [2.45, 2.75) is 39.4 Å². The zero-order valence-electron chi connectivity index (χ0n) is 13.2. The molecular formula is C16H19FO6. The first kappa shape index (κ1) is 18.6. The molecular weight excluding hydrogens is 307 g/mol. The minimum absolute atomic E-state index is 0.121. The van der Waals surface area contributed by atoms with E-state index in [1.54, 1.807) is 20.8 Å². The van der Waals surface area contributed by atoms with Gasteiger partial charge in [-0.25, -0.2) is 9.18 Å². The summed E-state index contributed by atoms with van der Waals surface area (Å²) < 4.78 is 27.5. The smallest absolute Gasteiger partial charge is 0.378 e. The Morgan fingerprint density at radius 3 is 2.26 bits per heavy atom. The number of hydrogen-bond donors (Lipinski definition) is 0. The number of ketones is 1. The van der Waals surface area contributed by atoms with Crippen molar-refractivity contribution in [3.8, 4) is 5.75 Å². The van der Waals surface area contributed by atoms with Crippen LogP contribution in [0.1, 0.15) is 27.2 Å². The van der Waals surface area contributed by atoms with Crippen molar-refractivity contribution >= 4 is 17.7 Å². The van der Waals surface area contributed by atoms with Gasteiger partial charge in [0.25, 0.3) is 5.78 Å². The van der Waals surface area contributed by atoms with Crippen LogP contribution in [-0.2, 0) is 23.9 Å². The molecule has 0 aliphatic carbocycles. The van der Waals surface area contributed by atoms with Crippen molar-refractivity contribution < 1.29 is 33.0 Å². The van der Waals surface area contributed by atoms with Crippen LogP contribution in [-0.4, -0.2) is 36.5 Å². The minimum Gasteiger partial charge on any atom is -0.490 e. The van der Waals surface area contributed by atoms with Crippen LogP contribution < -0.4 is 4.74 Å². The monoisotopic (exact) mass is 326 g/mol. The van der Waals surface area contributed by atoms with Crippen LogP contribution in [0.5, 0.6) is 5.75 Å². The number of rotatable bonds is 8. The third-order valence-corrected chi connectivity index (χ3v) is 2.54. The van der Waals surface area contributed by atoms with E-state index < -0.39 is 42.4 Å². The van der Waals surface area contributed by atoms with Crippen LogP contribution in [0.4, 0.5) is 4.39 Å². The van der Waals surface area contributed by atoms with Gasteiger partial charge in [-0.3, -0.25) is 9.59 Å². The Kier molecular flexibility index (Phi) is 7.18. The lowest BCUT2D eigenvalue weighted by Crippen LogP contribution is -2.27. The third-order valence-electron chi connectivity index (χ3n) is 2.54. The maximum Gasteiger partial charge on any atom is 0.378 e. The van der Waals surface area contributed by atoms with Gasteiger partial charge in [-0.2, -0.15) is 0 Å². The van der Waals surface area contributed by atoms with E-state index in [4.69, 9.17) is 9.47 Å². The lowest BCUT2D eigenvalue weighted by molar-refractivity contribution is -0.161. The molecule has 0 fully saturated rings. The molecule has 1 unspecified atom stereocenters.